The third-order valence-corrected chi connectivity index (χ3v) is 9.60. The third kappa shape index (κ3) is 8.42. The smallest absolute Gasteiger partial charge is 0.231 e. The molecule has 2 aromatic carbocycles. The molecule has 0 saturated carbocycles. The number of thioether (sulfide) groups is 1. The Labute approximate surface area is 219 Å². The highest BCUT2D eigenvalue weighted by molar-refractivity contribution is 9.10. The molecule has 7 heteroatoms. The summed E-state index contributed by atoms with van der Waals surface area (Å²) in [5, 5.41) is 0.191. The summed E-state index contributed by atoms with van der Waals surface area (Å²) in [5.74, 6) is 3.40. The average molecular weight is 568 g/mol. The molecule has 0 N–H and O–H groups in total. The molecule has 0 radical (unpaired) electrons. The number of fused-ring (bicyclic) bond motifs is 2. The van der Waals surface area contributed by atoms with E-state index in [1.54, 1.807) is 11.8 Å². The summed E-state index contributed by atoms with van der Waals surface area (Å²) in [6, 6.07) is 12.1. The molecule has 0 spiro atoms. The number of carbonyl (C=O) groups is 1. The van der Waals surface area contributed by atoms with E-state index in [2.05, 4.69) is 35.8 Å². The normalized spacial score (nSPS) is 15.8. The van der Waals surface area contributed by atoms with Crippen molar-refractivity contribution in [2.24, 2.45) is 0 Å². The Morgan fingerprint density at radius 1 is 1.06 bits per heavy atom. The van der Waals surface area contributed by atoms with E-state index >= 15 is 0 Å². The summed E-state index contributed by atoms with van der Waals surface area (Å²) in [7, 11) is -0.743. The maximum atomic E-state index is 12.3. The average Bonchev–Trinajstić information content (AvgIpc) is 3.30. The van der Waals surface area contributed by atoms with Crippen LogP contribution in [0.1, 0.15) is 63.5 Å². The van der Waals surface area contributed by atoms with Crippen molar-refractivity contribution in [2.45, 2.75) is 75.4 Å². The van der Waals surface area contributed by atoms with Gasteiger partial charge in [0, 0.05) is 37.6 Å². The quantitative estimate of drug-likeness (QED) is 0.286. The van der Waals surface area contributed by atoms with Crippen molar-refractivity contribution in [1.82, 2.24) is 0 Å². The van der Waals surface area contributed by atoms with Crippen LogP contribution < -0.4 is 9.47 Å². The van der Waals surface area contributed by atoms with Crippen molar-refractivity contribution < 1.29 is 18.5 Å². The minimum absolute atomic E-state index is 0.191. The molecule has 0 amide bonds. The zero-order valence-electron chi connectivity index (χ0n) is 20.1. The molecule has 2 heterocycles. The van der Waals surface area contributed by atoms with Crippen molar-refractivity contribution >= 4 is 44.3 Å². The Kier molecular flexibility index (Phi) is 11.5. The maximum absolute atomic E-state index is 12.3. The maximum Gasteiger partial charge on any atom is 0.231 e. The van der Waals surface area contributed by atoms with E-state index in [4.69, 9.17) is 9.47 Å². The molecule has 0 saturated heterocycles. The monoisotopic (exact) mass is 566 g/mol. The molecule has 2 aliphatic heterocycles. The molecular weight excluding hydrogens is 532 g/mol. The van der Waals surface area contributed by atoms with Gasteiger partial charge in [0.05, 0.1) is 5.75 Å². The minimum Gasteiger partial charge on any atom is -0.454 e. The lowest BCUT2D eigenvalue weighted by Crippen LogP contribution is -2.16. The first-order valence-electron chi connectivity index (χ1n) is 12.2. The van der Waals surface area contributed by atoms with Crippen LogP contribution in [0.2, 0.25) is 0 Å². The second kappa shape index (κ2) is 14.3. The van der Waals surface area contributed by atoms with Gasteiger partial charge in [-0.05, 0) is 48.2 Å². The second-order valence-corrected chi connectivity index (χ2v) is 12.6. The topological polar surface area (TPSA) is 52.6 Å². The van der Waals surface area contributed by atoms with Crippen LogP contribution in [-0.2, 0) is 28.4 Å². The molecular formula is C27H35BrO4S2. The molecule has 0 fully saturated rings. The zero-order chi connectivity index (χ0) is 24.3. The Morgan fingerprint density at radius 3 is 2.65 bits per heavy atom. The fourth-order valence-electron chi connectivity index (χ4n) is 3.97. The van der Waals surface area contributed by atoms with Gasteiger partial charge in [-0.1, -0.05) is 74.0 Å². The van der Waals surface area contributed by atoms with Gasteiger partial charge in [-0.15, -0.1) is 11.8 Å². The van der Waals surface area contributed by atoms with Crippen LogP contribution in [0.15, 0.2) is 45.8 Å². The number of ether oxygens (including phenoxy) is 2. The molecule has 0 bridgehead atoms. The summed E-state index contributed by atoms with van der Waals surface area (Å²) < 4.78 is 24.1. The van der Waals surface area contributed by atoms with Crippen LogP contribution in [0.4, 0.5) is 0 Å². The van der Waals surface area contributed by atoms with E-state index in [1.807, 2.05) is 30.3 Å². The van der Waals surface area contributed by atoms with Crippen molar-refractivity contribution in [1.29, 1.82) is 0 Å². The van der Waals surface area contributed by atoms with Gasteiger partial charge >= 0.3 is 0 Å². The van der Waals surface area contributed by atoms with Gasteiger partial charge in [0.2, 0.25) is 6.79 Å². The third-order valence-electron chi connectivity index (χ3n) is 5.95. The van der Waals surface area contributed by atoms with E-state index < -0.39 is 10.8 Å². The molecule has 2 aromatic rings. The molecule has 2 unspecified atom stereocenters. The Hall–Kier alpha value is -1.31. The Bertz CT molecular complexity index is 979. The van der Waals surface area contributed by atoms with Crippen molar-refractivity contribution in [3.8, 4) is 11.5 Å². The highest BCUT2D eigenvalue weighted by atomic mass is 79.9. The van der Waals surface area contributed by atoms with Crippen LogP contribution in [0.25, 0.3) is 0 Å². The molecule has 186 valence electrons. The van der Waals surface area contributed by atoms with E-state index in [0.717, 1.165) is 40.1 Å². The number of hydrogen-bond acceptors (Lipinski definition) is 5. The Balaban J connectivity index is 0.000000226. The van der Waals surface area contributed by atoms with Crippen LogP contribution in [0, 0.1) is 0 Å². The number of carbonyl (C=O) groups excluding carboxylic acids is 1. The summed E-state index contributed by atoms with van der Waals surface area (Å²) in [5.41, 5.74) is 2.33. The molecule has 34 heavy (non-hydrogen) atoms. The standard InChI is InChI=1S/C18H28O3S.C9H7BrOS/c1-3-4-5-6-7-8-11-22(19)15(2)12-16-9-10-17-18(13-16)21-14-20-17;10-8-2-1-3-9-7(8)4-6(11)5-12-9/h9-10,13,15H,3-8,11-12,14H2,1-2H3;1-3H,4-5H2. The van der Waals surface area contributed by atoms with Crippen LogP contribution in [-0.4, -0.2) is 33.5 Å². The fraction of sp³-hybridized carbons (Fsp3) is 0.519. The van der Waals surface area contributed by atoms with Crippen molar-refractivity contribution in [2.75, 3.05) is 18.3 Å². The van der Waals surface area contributed by atoms with Crippen molar-refractivity contribution in [3.05, 3.63) is 52.0 Å². The predicted octanol–water partition coefficient (Wildman–Crippen LogP) is 7.12. The molecule has 2 atom stereocenters. The van der Waals surface area contributed by atoms with E-state index in [1.165, 1.54) is 42.6 Å². The zero-order valence-corrected chi connectivity index (χ0v) is 23.4. The number of Topliss-reactive ketones (excluding diaryl/α,β-unsaturated/α-hetero) is 1. The van der Waals surface area contributed by atoms with E-state index in [9.17, 15) is 9.00 Å². The van der Waals surface area contributed by atoms with Gasteiger partial charge in [-0.3, -0.25) is 9.00 Å². The molecule has 0 aromatic heterocycles. The summed E-state index contributed by atoms with van der Waals surface area (Å²) in [6.45, 7) is 4.61. The number of rotatable bonds is 10. The molecule has 4 nitrogen and oxygen atoms in total. The first kappa shape index (κ1) is 27.3. The van der Waals surface area contributed by atoms with Crippen molar-refractivity contribution in [3.63, 3.8) is 0 Å². The number of hydrogen-bond donors (Lipinski definition) is 0. The van der Waals surface area contributed by atoms with E-state index in [0.29, 0.717) is 24.7 Å². The fourth-order valence-corrected chi connectivity index (χ4v) is 6.83. The summed E-state index contributed by atoms with van der Waals surface area (Å²) in [4.78, 5) is 12.4. The lowest BCUT2D eigenvalue weighted by molar-refractivity contribution is -0.116. The minimum atomic E-state index is -0.743. The van der Waals surface area contributed by atoms with Gasteiger partial charge < -0.3 is 9.47 Å². The molecule has 0 aliphatic carbocycles. The van der Waals surface area contributed by atoms with Gasteiger partial charge in [-0.25, -0.2) is 0 Å². The SMILES string of the molecule is CCCCCCCCS(=O)C(C)Cc1ccc2c(c1)OCO2.O=C1CSc2cccc(Br)c2C1. The first-order chi connectivity index (χ1) is 16.5. The van der Waals surface area contributed by atoms with Crippen LogP contribution >= 0.6 is 27.7 Å². The summed E-state index contributed by atoms with van der Waals surface area (Å²) >= 11 is 5.08. The van der Waals surface area contributed by atoms with Gasteiger partial charge in [0.25, 0.3) is 0 Å². The predicted molar refractivity (Wildman–Crippen MR) is 146 cm³/mol. The van der Waals surface area contributed by atoms with Gasteiger partial charge in [-0.2, -0.15) is 0 Å². The van der Waals surface area contributed by atoms with Gasteiger partial charge in [0.15, 0.2) is 11.5 Å². The molecule has 2 aliphatic rings. The highest BCUT2D eigenvalue weighted by Crippen LogP contribution is 2.34. The summed E-state index contributed by atoms with van der Waals surface area (Å²) in [6.07, 6.45) is 8.91. The lowest BCUT2D eigenvalue weighted by Gasteiger charge is -2.14. The number of unbranched alkanes of at least 4 members (excludes halogenated alkanes) is 5. The van der Waals surface area contributed by atoms with Crippen LogP contribution in [0.3, 0.4) is 0 Å². The van der Waals surface area contributed by atoms with Gasteiger partial charge in [0.1, 0.15) is 5.78 Å². The number of ketones is 1. The number of halogens is 1. The second-order valence-electron chi connectivity index (χ2n) is 8.78. The number of benzene rings is 2. The first-order valence-corrected chi connectivity index (χ1v) is 15.3. The van der Waals surface area contributed by atoms with E-state index in [-0.39, 0.29) is 5.25 Å². The molecule has 4 rings (SSSR count). The largest absolute Gasteiger partial charge is 0.454 e. The highest BCUT2D eigenvalue weighted by Gasteiger charge is 2.18. The van der Waals surface area contributed by atoms with Crippen LogP contribution in [0.5, 0.6) is 11.5 Å². The Morgan fingerprint density at radius 2 is 1.82 bits per heavy atom. The lowest BCUT2D eigenvalue weighted by atomic mass is 10.1.